The van der Waals surface area contributed by atoms with Crippen LogP contribution in [0, 0.1) is 0 Å². The Morgan fingerprint density at radius 3 is 2.52 bits per heavy atom. The smallest absolute Gasteiger partial charge is 0.246 e. The van der Waals surface area contributed by atoms with Crippen molar-refractivity contribution in [2.45, 2.75) is 6.54 Å². The van der Waals surface area contributed by atoms with Crippen molar-refractivity contribution in [3.63, 3.8) is 0 Å². The Labute approximate surface area is 157 Å². The topological polar surface area (TPSA) is 37.6 Å². The number of benzene rings is 1. The summed E-state index contributed by atoms with van der Waals surface area (Å²) >= 11 is 11.9. The molecule has 1 aliphatic rings. The fraction of sp³-hybridized carbons (Fsp3) is 0.263. The average Bonchev–Trinajstić information content (AvgIpc) is 2.64. The highest BCUT2D eigenvalue weighted by atomic mass is 35.5. The van der Waals surface area contributed by atoms with Crippen LogP contribution in [-0.4, -0.2) is 42.0 Å². The van der Waals surface area contributed by atoms with Gasteiger partial charge in [-0.25, -0.2) is 0 Å². The molecule has 2 aromatic rings. The monoisotopic (exact) mass is 376 g/mol. The molecule has 3 rings (SSSR count). The molecule has 1 aromatic carbocycles. The maximum Gasteiger partial charge on any atom is 0.246 e. The van der Waals surface area contributed by atoms with Gasteiger partial charge < -0.3 is 9.80 Å². The molecule has 2 heterocycles. The number of carbonyl (C=O) groups is 1. The molecule has 1 amide bonds. The van der Waals surface area contributed by atoms with Gasteiger partial charge in [-0.15, -0.1) is 0 Å². The van der Waals surface area contributed by atoms with E-state index in [1.165, 1.54) is 10.5 Å². The molecule has 25 heavy (non-hydrogen) atoms. The van der Waals surface area contributed by atoms with E-state index in [0.29, 0.717) is 10.0 Å². The Morgan fingerprint density at radius 1 is 1.12 bits per heavy atom. The van der Waals surface area contributed by atoms with Gasteiger partial charge in [0.1, 0.15) is 6.54 Å². The number of nitrogens with zero attached hydrogens (tertiary/aromatic N) is 2. The molecule has 0 aliphatic carbocycles. The molecule has 0 bridgehead atoms. The zero-order chi connectivity index (χ0) is 17.6. The summed E-state index contributed by atoms with van der Waals surface area (Å²) in [5, 5.41) is 1.00. The molecule has 0 atom stereocenters. The summed E-state index contributed by atoms with van der Waals surface area (Å²) in [6, 6.07) is 9.42. The highest BCUT2D eigenvalue weighted by Crippen LogP contribution is 2.23. The van der Waals surface area contributed by atoms with Crippen LogP contribution in [0.15, 0.2) is 48.8 Å². The van der Waals surface area contributed by atoms with Crippen molar-refractivity contribution in [3.8, 4) is 0 Å². The van der Waals surface area contributed by atoms with E-state index in [4.69, 9.17) is 23.2 Å². The predicted molar refractivity (Wildman–Crippen MR) is 101 cm³/mol. The Bertz CT molecular complexity index is 757. The lowest BCUT2D eigenvalue weighted by atomic mass is 10.2. The van der Waals surface area contributed by atoms with Crippen molar-refractivity contribution < 1.29 is 9.69 Å². The molecule has 6 heteroatoms. The van der Waals surface area contributed by atoms with E-state index in [-0.39, 0.29) is 5.91 Å². The van der Waals surface area contributed by atoms with Crippen molar-refractivity contribution in [2.24, 2.45) is 0 Å². The van der Waals surface area contributed by atoms with Gasteiger partial charge in [0.05, 0.1) is 36.2 Å². The lowest BCUT2D eigenvalue weighted by Gasteiger charge is -2.31. The van der Waals surface area contributed by atoms with E-state index in [1.807, 2.05) is 35.5 Å². The van der Waals surface area contributed by atoms with Crippen LogP contribution in [0.5, 0.6) is 0 Å². The zero-order valence-corrected chi connectivity index (χ0v) is 15.3. The fourth-order valence-electron chi connectivity index (χ4n) is 2.90. The number of piperazine rings is 1. The van der Waals surface area contributed by atoms with Crippen molar-refractivity contribution in [1.29, 1.82) is 0 Å². The van der Waals surface area contributed by atoms with Crippen LogP contribution >= 0.6 is 23.2 Å². The maximum absolute atomic E-state index is 12.4. The van der Waals surface area contributed by atoms with E-state index in [9.17, 15) is 4.79 Å². The lowest BCUT2D eigenvalue weighted by molar-refractivity contribution is -0.917. The van der Waals surface area contributed by atoms with Gasteiger partial charge in [0.15, 0.2) is 0 Å². The number of hydrogen-bond acceptors (Lipinski definition) is 2. The predicted octanol–water partition coefficient (Wildman–Crippen LogP) is 2.33. The van der Waals surface area contributed by atoms with E-state index in [2.05, 4.69) is 4.98 Å². The maximum atomic E-state index is 12.4. The minimum absolute atomic E-state index is 0.0361. The summed E-state index contributed by atoms with van der Waals surface area (Å²) in [5.74, 6) is 0.0361. The van der Waals surface area contributed by atoms with Crippen molar-refractivity contribution >= 4 is 35.2 Å². The zero-order valence-electron chi connectivity index (χ0n) is 13.8. The van der Waals surface area contributed by atoms with Gasteiger partial charge >= 0.3 is 0 Å². The molecule has 1 saturated heterocycles. The summed E-state index contributed by atoms with van der Waals surface area (Å²) in [4.78, 5) is 19.8. The number of carbonyl (C=O) groups excluding carboxylic acids is 1. The number of aromatic nitrogens is 1. The van der Waals surface area contributed by atoms with Crippen molar-refractivity contribution in [3.05, 3.63) is 70.0 Å². The molecule has 0 spiro atoms. The molecule has 1 fully saturated rings. The van der Waals surface area contributed by atoms with Crippen LogP contribution in [0.1, 0.15) is 11.1 Å². The summed E-state index contributed by atoms with van der Waals surface area (Å²) < 4.78 is 0. The first-order chi connectivity index (χ1) is 12.1. The van der Waals surface area contributed by atoms with E-state index in [0.717, 1.165) is 38.3 Å². The SMILES string of the molecule is O=C(/C=C/c1ccc(Cl)c(Cl)c1)N1CC[NH+](Cc2ccncc2)CC1. The van der Waals surface area contributed by atoms with Crippen LogP contribution in [0.4, 0.5) is 0 Å². The largest absolute Gasteiger partial charge is 0.328 e. The third-order valence-corrected chi connectivity index (χ3v) is 5.09. The van der Waals surface area contributed by atoms with Crippen LogP contribution in [0.25, 0.3) is 6.08 Å². The van der Waals surface area contributed by atoms with Crippen molar-refractivity contribution in [1.82, 2.24) is 9.88 Å². The number of nitrogens with one attached hydrogen (secondary N) is 1. The van der Waals surface area contributed by atoms with Gasteiger partial charge in [-0.2, -0.15) is 0 Å². The second kappa shape index (κ2) is 8.48. The van der Waals surface area contributed by atoms with Crippen molar-refractivity contribution in [2.75, 3.05) is 26.2 Å². The summed E-state index contributed by atoms with van der Waals surface area (Å²) in [5.41, 5.74) is 2.15. The van der Waals surface area contributed by atoms with Crippen LogP contribution in [0.3, 0.4) is 0 Å². The Morgan fingerprint density at radius 2 is 1.84 bits per heavy atom. The van der Waals surface area contributed by atoms with E-state index >= 15 is 0 Å². The van der Waals surface area contributed by atoms with Gasteiger partial charge in [0.2, 0.25) is 5.91 Å². The summed E-state index contributed by atoms with van der Waals surface area (Å²) in [6.45, 7) is 4.42. The van der Waals surface area contributed by atoms with Gasteiger partial charge in [-0.1, -0.05) is 29.3 Å². The highest BCUT2D eigenvalue weighted by Gasteiger charge is 2.22. The Hall–Kier alpha value is -1.88. The first kappa shape index (κ1) is 17.9. The van der Waals surface area contributed by atoms with Crippen LogP contribution in [-0.2, 0) is 11.3 Å². The number of quaternary nitrogens is 1. The number of amides is 1. The molecule has 1 aliphatic heterocycles. The van der Waals surface area contributed by atoms with E-state index < -0.39 is 0 Å². The van der Waals surface area contributed by atoms with Crippen LogP contribution in [0.2, 0.25) is 10.0 Å². The third-order valence-electron chi connectivity index (χ3n) is 4.35. The molecule has 0 radical (unpaired) electrons. The highest BCUT2D eigenvalue weighted by molar-refractivity contribution is 6.42. The van der Waals surface area contributed by atoms with Crippen LogP contribution < -0.4 is 4.90 Å². The summed E-state index contributed by atoms with van der Waals surface area (Å²) in [7, 11) is 0. The average molecular weight is 377 g/mol. The molecular formula is C19H20Cl2N3O+. The molecule has 4 nitrogen and oxygen atoms in total. The summed E-state index contributed by atoms with van der Waals surface area (Å²) in [6.07, 6.45) is 7.03. The second-order valence-corrected chi connectivity index (χ2v) is 6.93. The third kappa shape index (κ3) is 5.05. The molecule has 130 valence electrons. The molecule has 0 unspecified atom stereocenters. The van der Waals surface area contributed by atoms with Gasteiger partial charge in [-0.05, 0) is 35.9 Å². The number of rotatable bonds is 4. The molecular weight excluding hydrogens is 357 g/mol. The fourth-order valence-corrected chi connectivity index (χ4v) is 3.20. The van der Waals surface area contributed by atoms with Gasteiger partial charge in [0.25, 0.3) is 0 Å². The van der Waals surface area contributed by atoms with Gasteiger partial charge in [0, 0.05) is 24.0 Å². The first-order valence-electron chi connectivity index (χ1n) is 8.26. The minimum Gasteiger partial charge on any atom is -0.328 e. The Kier molecular flexibility index (Phi) is 6.08. The minimum atomic E-state index is 0.0361. The molecule has 1 aromatic heterocycles. The molecule has 0 saturated carbocycles. The normalized spacial score (nSPS) is 15.7. The first-order valence-corrected chi connectivity index (χ1v) is 9.02. The molecule has 1 N–H and O–H groups in total. The number of halogens is 2. The number of hydrogen-bond donors (Lipinski definition) is 1. The van der Waals surface area contributed by atoms with E-state index in [1.54, 1.807) is 24.3 Å². The van der Waals surface area contributed by atoms with Gasteiger partial charge in [-0.3, -0.25) is 9.78 Å². The quantitative estimate of drug-likeness (QED) is 0.831. The lowest BCUT2D eigenvalue weighted by Crippen LogP contribution is -3.13. The standard InChI is InChI=1S/C19H19Cl2N3O/c20-17-3-1-15(13-18(17)21)2-4-19(25)24-11-9-23(10-12-24)14-16-5-7-22-8-6-16/h1-8,13H,9-12,14H2/p+1/b4-2+. The Balaban J connectivity index is 1.51. The second-order valence-electron chi connectivity index (χ2n) is 6.11. The number of pyridine rings is 1.